The van der Waals surface area contributed by atoms with E-state index in [9.17, 15) is 9.59 Å². The zero-order valence-electron chi connectivity index (χ0n) is 18.8. The number of carbonyl (C=O) groups is 2. The number of benzene rings is 3. The summed E-state index contributed by atoms with van der Waals surface area (Å²) < 4.78 is 26.9. The fourth-order valence-corrected chi connectivity index (χ4v) is 3.25. The van der Waals surface area contributed by atoms with Gasteiger partial charge in [-0.1, -0.05) is 0 Å². The Bertz CT molecular complexity index is 1180. The predicted molar refractivity (Wildman–Crippen MR) is 125 cm³/mol. The SMILES string of the molecule is CCOc1ccc(NC(=O)COc2ccc(C(=O)Nc3ccc4c(c3)OCO4)cc2OC)cc1. The first-order valence-corrected chi connectivity index (χ1v) is 10.6. The van der Waals surface area contributed by atoms with Crippen molar-refractivity contribution in [2.75, 3.05) is 37.8 Å². The lowest BCUT2D eigenvalue weighted by Crippen LogP contribution is -2.20. The fourth-order valence-electron chi connectivity index (χ4n) is 3.25. The second-order valence-electron chi connectivity index (χ2n) is 7.18. The number of nitrogens with one attached hydrogen (secondary N) is 2. The largest absolute Gasteiger partial charge is 0.494 e. The third kappa shape index (κ3) is 5.50. The van der Waals surface area contributed by atoms with Gasteiger partial charge in [-0.2, -0.15) is 0 Å². The average Bonchev–Trinajstić information content (AvgIpc) is 3.32. The van der Waals surface area contributed by atoms with Gasteiger partial charge in [-0.15, -0.1) is 0 Å². The van der Waals surface area contributed by atoms with Crippen molar-refractivity contribution in [3.05, 3.63) is 66.2 Å². The van der Waals surface area contributed by atoms with Crippen molar-refractivity contribution >= 4 is 23.2 Å². The van der Waals surface area contributed by atoms with Gasteiger partial charge in [0, 0.05) is 23.0 Å². The Hall–Kier alpha value is -4.40. The highest BCUT2D eigenvalue weighted by molar-refractivity contribution is 6.04. The lowest BCUT2D eigenvalue weighted by molar-refractivity contribution is -0.118. The number of anilines is 2. The van der Waals surface area contributed by atoms with E-state index in [1.54, 1.807) is 60.7 Å². The van der Waals surface area contributed by atoms with Crippen molar-refractivity contribution < 1.29 is 33.3 Å². The minimum Gasteiger partial charge on any atom is -0.494 e. The highest BCUT2D eigenvalue weighted by Gasteiger charge is 2.16. The van der Waals surface area contributed by atoms with Crippen LogP contribution in [-0.2, 0) is 4.79 Å². The Morgan fingerprint density at radius 2 is 1.62 bits per heavy atom. The molecule has 0 saturated carbocycles. The molecule has 3 aromatic rings. The summed E-state index contributed by atoms with van der Waals surface area (Å²) in [6.07, 6.45) is 0. The topological polar surface area (TPSA) is 104 Å². The molecule has 0 atom stereocenters. The Balaban J connectivity index is 1.35. The molecule has 1 heterocycles. The van der Waals surface area contributed by atoms with E-state index in [1.807, 2.05) is 6.92 Å². The van der Waals surface area contributed by atoms with Gasteiger partial charge in [0.2, 0.25) is 6.79 Å². The molecule has 4 rings (SSSR count). The molecule has 0 radical (unpaired) electrons. The Kier molecular flexibility index (Phi) is 7.02. The molecule has 176 valence electrons. The molecule has 0 saturated heterocycles. The van der Waals surface area contributed by atoms with Gasteiger partial charge < -0.3 is 34.3 Å². The average molecular weight is 464 g/mol. The van der Waals surface area contributed by atoms with E-state index in [0.717, 1.165) is 5.75 Å². The van der Waals surface area contributed by atoms with Crippen LogP contribution in [0.15, 0.2) is 60.7 Å². The summed E-state index contributed by atoms with van der Waals surface area (Å²) in [5, 5.41) is 5.55. The predicted octanol–water partition coefficient (Wildman–Crippen LogP) is 4.09. The van der Waals surface area contributed by atoms with Crippen LogP contribution in [0.2, 0.25) is 0 Å². The lowest BCUT2D eigenvalue weighted by atomic mass is 10.1. The first kappa shape index (κ1) is 22.8. The second kappa shape index (κ2) is 10.5. The summed E-state index contributed by atoms with van der Waals surface area (Å²) in [5.41, 5.74) is 1.56. The van der Waals surface area contributed by atoms with Crippen molar-refractivity contribution in [2.45, 2.75) is 6.92 Å². The quantitative estimate of drug-likeness (QED) is 0.491. The third-order valence-corrected chi connectivity index (χ3v) is 4.86. The molecule has 0 aromatic heterocycles. The number of hydrogen-bond acceptors (Lipinski definition) is 7. The maximum absolute atomic E-state index is 12.7. The summed E-state index contributed by atoms with van der Waals surface area (Å²) >= 11 is 0. The summed E-state index contributed by atoms with van der Waals surface area (Å²) in [5.74, 6) is 1.92. The summed E-state index contributed by atoms with van der Waals surface area (Å²) in [4.78, 5) is 24.9. The van der Waals surface area contributed by atoms with Gasteiger partial charge in [0.15, 0.2) is 29.6 Å². The van der Waals surface area contributed by atoms with E-state index in [-0.39, 0.29) is 25.2 Å². The smallest absolute Gasteiger partial charge is 0.262 e. The van der Waals surface area contributed by atoms with Gasteiger partial charge in [-0.25, -0.2) is 0 Å². The standard InChI is InChI=1S/C25H24N2O7/c1-3-31-19-8-5-17(6-9-19)26-24(28)14-32-20-10-4-16(12-22(20)30-2)25(29)27-18-7-11-21-23(13-18)34-15-33-21/h4-13H,3,14-15H2,1-2H3,(H,26,28)(H,27,29). The zero-order valence-corrected chi connectivity index (χ0v) is 18.8. The van der Waals surface area contributed by atoms with Crippen LogP contribution in [-0.4, -0.2) is 38.9 Å². The molecular weight excluding hydrogens is 440 g/mol. The van der Waals surface area contributed by atoms with Crippen LogP contribution in [0.4, 0.5) is 11.4 Å². The molecule has 9 heteroatoms. The zero-order chi connectivity index (χ0) is 23.9. The highest BCUT2D eigenvalue weighted by atomic mass is 16.7. The molecule has 34 heavy (non-hydrogen) atoms. The van der Waals surface area contributed by atoms with E-state index in [2.05, 4.69) is 10.6 Å². The van der Waals surface area contributed by atoms with Gasteiger partial charge >= 0.3 is 0 Å². The van der Waals surface area contributed by atoms with Gasteiger partial charge in [0.05, 0.1) is 13.7 Å². The molecular formula is C25H24N2O7. The lowest BCUT2D eigenvalue weighted by Gasteiger charge is -2.13. The number of rotatable bonds is 9. The maximum atomic E-state index is 12.7. The minimum absolute atomic E-state index is 0.156. The van der Waals surface area contributed by atoms with Gasteiger partial charge in [-0.3, -0.25) is 9.59 Å². The van der Waals surface area contributed by atoms with Gasteiger partial charge in [0.25, 0.3) is 11.8 Å². The van der Waals surface area contributed by atoms with E-state index >= 15 is 0 Å². The van der Waals surface area contributed by atoms with Gasteiger partial charge in [-0.05, 0) is 61.5 Å². The van der Waals surface area contributed by atoms with Crippen LogP contribution in [0.3, 0.4) is 0 Å². The van der Waals surface area contributed by atoms with Crippen LogP contribution < -0.4 is 34.3 Å². The van der Waals surface area contributed by atoms with Crippen LogP contribution in [0.1, 0.15) is 17.3 Å². The van der Waals surface area contributed by atoms with Crippen LogP contribution in [0.5, 0.6) is 28.7 Å². The molecule has 2 N–H and O–H groups in total. The molecule has 0 fully saturated rings. The number of ether oxygens (including phenoxy) is 5. The van der Waals surface area contributed by atoms with E-state index in [0.29, 0.717) is 46.5 Å². The van der Waals surface area contributed by atoms with Crippen LogP contribution >= 0.6 is 0 Å². The minimum atomic E-state index is -0.337. The van der Waals surface area contributed by atoms with Crippen molar-refractivity contribution in [3.63, 3.8) is 0 Å². The molecule has 3 aromatic carbocycles. The van der Waals surface area contributed by atoms with E-state index < -0.39 is 0 Å². The number of fused-ring (bicyclic) bond motifs is 1. The first-order valence-electron chi connectivity index (χ1n) is 10.6. The Labute approximate surface area is 196 Å². The molecule has 0 unspecified atom stereocenters. The highest BCUT2D eigenvalue weighted by Crippen LogP contribution is 2.34. The molecule has 0 bridgehead atoms. The van der Waals surface area contributed by atoms with E-state index in [4.69, 9.17) is 23.7 Å². The number of methoxy groups -OCH3 is 1. The van der Waals surface area contributed by atoms with Crippen LogP contribution in [0, 0.1) is 0 Å². The van der Waals surface area contributed by atoms with Crippen LogP contribution in [0.25, 0.3) is 0 Å². The van der Waals surface area contributed by atoms with Crippen molar-refractivity contribution in [3.8, 4) is 28.7 Å². The van der Waals surface area contributed by atoms with Gasteiger partial charge in [0.1, 0.15) is 5.75 Å². The molecule has 9 nitrogen and oxygen atoms in total. The molecule has 2 amide bonds. The second-order valence-corrected chi connectivity index (χ2v) is 7.18. The summed E-state index contributed by atoms with van der Waals surface area (Å²) in [6.45, 7) is 2.40. The monoisotopic (exact) mass is 464 g/mol. The normalized spacial score (nSPS) is 11.5. The fraction of sp³-hybridized carbons (Fsp3) is 0.200. The Morgan fingerprint density at radius 3 is 2.38 bits per heavy atom. The number of amides is 2. The van der Waals surface area contributed by atoms with Crippen molar-refractivity contribution in [1.82, 2.24) is 0 Å². The molecule has 1 aliphatic rings. The molecule has 0 aliphatic carbocycles. The van der Waals surface area contributed by atoms with Crippen molar-refractivity contribution in [1.29, 1.82) is 0 Å². The maximum Gasteiger partial charge on any atom is 0.262 e. The first-order chi connectivity index (χ1) is 16.6. The van der Waals surface area contributed by atoms with Crippen molar-refractivity contribution in [2.24, 2.45) is 0 Å². The summed E-state index contributed by atoms with van der Waals surface area (Å²) in [6, 6.07) is 16.9. The molecule has 1 aliphatic heterocycles. The van der Waals surface area contributed by atoms with E-state index in [1.165, 1.54) is 7.11 Å². The molecule has 0 spiro atoms. The Morgan fingerprint density at radius 1 is 0.853 bits per heavy atom. The number of hydrogen-bond donors (Lipinski definition) is 2. The number of carbonyl (C=O) groups excluding carboxylic acids is 2. The summed E-state index contributed by atoms with van der Waals surface area (Å²) in [7, 11) is 1.46. The third-order valence-electron chi connectivity index (χ3n) is 4.86.